The van der Waals surface area contributed by atoms with Crippen molar-refractivity contribution in [3.05, 3.63) is 29.9 Å². The quantitative estimate of drug-likeness (QED) is 0.656. The van der Waals surface area contributed by atoms with Gasteiger partial charge in [-0.15, -0.1) is 0 Å². The molecule has 0 aromatic carbocycles. The maximum atomic E-state index is 13.1. The van der Waals surface area contributed by atoms with Gasteiger partial charge in [0.25, 0.3) is 0 Å². The molecule has 2 fully saturated rings. The molecule has 0 bridgehead atoms. The predicted octanol–water partition coefficient (Wildman–Crippen LogP) is 1.47. The first-order valence-corrected chi connectivity index (χ1v) is 12.5. The van der Waals surface area contributed by atoms with E-state index in [-0.39, 0.29) is 22.6 Å². The molecule has 32 heavy (non-hydrogen) atoms. The van der Waals surface area contributed by atoms with Gasteiger partial charge in [0.05, 0.1) is 0 Å². The van der Waals surface area contributed by atoms with Crippen molar-refractivity contribution in [2.24, 2.45) is 11.8 Å². The van der Waals surface area contributed by atoms with E-state index >= 15 is 0 Å². The Balaban J connectivity index is 1.32. The van der Waals surface area contributed by atoms with Gasteiger partial charge in [0.15, 0.2) is 5.76 Å². The van der Waals surface area contributed by atoms with Crippen LogP contribution in [0.15, 0.2) is 27.9 Å². The maximum Gasteiger partial charge on any atom is 0.248 e. The third-order valence-electron chi connectivity index (χ3n) is 6.59. The van der Waals surface area contributed by atoms with Crippen LogP contribution in [0.5, 0.6) is 0 Å². The summed E-state index contributed by atoms with van der Waals surface area (Å²) >= 11 is 0. The number of anilines is 1. The minimum atomic E-state index is -3.64. The molecule has 1 atom stereocenters. The van der Waals surface area contributed by atoms with E-state index in [0.717, 1.165) is 0 Å². The van der Waals surface area contributed by atoms with Crippen LogP contribution in [-0.4, -0.2) is 77.9 Å². The first kappa shape index (κ1) is 22.7. The van der Waals surface area contributed by atoms with Crippen LogP contribution in [0.3, 0.4) is 0 Å². The zero-order valence-corrected chi connectivity index (χ0v) is 19.6. The molecule has 0 N–H and O–H groups in total. The molecule has 1 amide bonds. The number of carbonyl (C=O) groups excluding carboxylic acids is 1. The molecule has 2 aliphatic heterocycles. The van der Waals surface area contributed by atoms with E-state index in [0.29, 0.717) is 69.5 Å². The third-order valence-corrected chi connectivity index (χ3v) is 8.73. The first-order chi connectivity index (χ1) is 15.3. The largest absolute Gasteiger partial charge is 0.360 e. The van der Waals surface area contributed by atoms with Gasteiger partial charge in [0.2, 0.25) is 21.9 Å². The van der Waals surface area contributed by atoms with Crippen LogP contribution < -0.4 is 4.90 Å². The van der Waals surface area contributed by atoms with Crippen LogP contribution in [0.1, 0.15) is 31.2 Å². The van der Waals surface area contributed by atoms with Crippen molar-refractivity contribution in [1.29, 1.82) is 0 Å². The molecule has 0 aliphatic carbocycles. The number of aryl methyl sites for hydroxylation is 2. The predicted molar refractivity (Wildman–Crippen MR) is 117 cm³/mol. The van der Waals surface area contributed by atoms with Crippen LogP contribution in [0, 0.1) is 25.7 Å². The maximum absolute atomic E-state index is 13.1. The number of carbonyl (C=O) groups is 1. The normalized spacial score (nSPS) is 19.8. The van der Waals surface area contributed by atoms with Gasteiger partial charge < -0.3 is 14.3 Å². The molecule has 174 valence electrons. The zero-order chi connectivity index (χ0) is 22.9. The number of nitrogens with zero attached hydrogens (tertiary/aromatic N) is 6. The van der Waals surface area contributed by atoms with Gasteiger partial charge in [-0.05, 0) is 38.7 Å². The fourth-order valence-electron chi connectivity index (χ4n) is 4.66. The molecule has 10 nitrogen and oxygen atoms in total. The van der Waals surface area contributed by atoms with E-state index in [2.05, 4.69) is 20.0 Å². The van der Waals surface area contributed by atoms with E-state index in [1.807, 2.05) is 11.8 Å². The number of hydrogen-bond acceptors (Lipinski definition) is 8. The monoisotopic (exact) mass is 462 g/mol. The lowest BCUT2D eigenvalue weighted by molar-refractivity contribution is -0.137. The topological polar surface area (TPSA) is 113 Å². The Morgan fingerprint density at radius 2 is 1.69 bits per heavy atom. The fourth-order valence-corrected chi connectivity index (χ4v) is 6.42. The summed E-state index contributed by atoms with van der Waals surface area (Å²) in [6, 6.07) is 1.79. The highest BCUT2D eigenvalue weighted by atomic mass is 32.2. The lowest BCUT2D eigenvalue weighted by atomic mass is 9.85. The second kappa shape index (κ2) is 9.14. The number of aromatic nitrogens is 3. The molecule has 2 aromatic rings. The van der Waals surface area contributed by atoms with Crippen molar-refractivity contribution in [3.8, 4) is 0 Å². The first-order valence-electron chi connectivity index (χ1n) is 11.0. The Morgan fingerprint density at radius 1 is 1.06 bits per heavy atom. The number of amides is 1. The van der Waals surface area contributed by atoms with Crippen molar-refractivity contribution < 1.29 is 17.7 Å². The summed E-state index contributed by atoms with van der Waals surface area (Å²) in [5, 5.41) is 3.78. The molecule has 0 spiro atoms. The van der Waals surface area contributed by atoms with Gasteiger partial charge in [-0.3, -0.25) is 4.79 Å². The fraction of sp³-hybridized carbons (Fsp3) is 0.619. The Labute approximate surface area is 188 Å². The van der Waals surface area contributed by atoms with Crippen molar-refractivity contribution in [3.63, 3.8) is 0 Å². The van der Waals surface area contributed by atoms with Crippen LogP contribution in [0.4, 0.5) is 5.95 Å². The van der Waals surface area contributed by atoms with Crippen molar-refractivity contribution in [2.45, 2.75) is 38.5 Å². The van der Waals surface area contributed by atoms with Crippen LogP contribution in [0.25, 0.3) is 0 Å². The standard InChI is InChI=1S/C21H30N6O4S/c1-15(20(28)25-11-13-26(14-12-25)21-22-7-4-8-23-21)18-5-9-27(10-6-18)32(29,30)19-16(2)24-31-17(19)3/h4,7-8,15,18H,5-6,9-14H2,1-3H3/t15-/m0/s1. The van der Waals surface area contributed by atoms with Gasteiger partial charge in [-0.25, -0.2) is 18.4 Å². The highest BCUT2D eigenvalue weighted by Crippen LogP contribution is 2.31. The second-order valence-corrected chi connectivity index (χ2v) is 10.4. The average molecular weight is 463 g/mol. The number of rotatable bonds is 5. The number of sulfonamides is 1. The molecule has 0 radical (unpaired) electrons. The average Bonchev–Trinajstić information content (AvgIpc) is 3.17. The van der Waals surface area contributed by atoms with Crippen molar-refractivity contribution in [1.82, 2.24) is 24.3 Å². The Hall–Kier alpha value is -2.53. The molecule has 4 heterocycles. The van der Waals surface area contributed by atoms with E-state index in [4.69, 9.17) is 4.52 Å². The van der Waals surface area contributed by atoms with E-state index in [9.17, 15) is 13.2 Å². The zero-order valence-electron chi connectivity index (χ0n) is 18.8. The Bertz CT molecular complexity index is 1020. The summed E-state index contributed by atoms with van der Waals surface area (Å²) in [6.45, 7) is 8.71. The molecule has 4 rings (SSSR count). The molecule has 0 saturated carbocycles. The van der Waals surface area contributed by atoms with Crippen LogP contribution >= 0.6 is 0 Å². The lowest BCUT2D eigenvalue weighted by Gasteiger charge is -2.39. The summed E-state index contributed by atoms with van der Waals surface area (Å²) in [5.41, 5.74) is 0.383. The summed E-state index contributed by atoms with van der Waals surface area (Å²) < 4.78 is 32.6. The number of piperazine rings is 1. The molecule has 2 aliphatic rings. The van der Waals surface area contributed by atoms with E-state index in [1.54, 1.807) is 32.3 Å². The summed E-state index contributed by atoms with van der Waals surface area (Å²) in [4.78, 5) is 25.9. The Morgan fingerprint density at radius 3 is 2.25 bits per heavy atom. The molecular weight excluding hydrogens is 432 g/mol. The highest BCUT2D eigenvalue weighted by Gasteiger charge is 2.37. The number of piperidine rings is 1. The minimum absolute atomic E-state index is 0.140. The van der Waals surface area contributed by atoms with Gasteiger partial charge >= 0.3 is 0 Å². The van der Waals surface area contributed by atoms with E-state index < -0.39 is 10.0 Å². The molecule has 2 aromatic heterocycles. The molecule has 2 saturated heterocycles. The molecule has 11 heteroatoms. The van der Waals surface area contributed by atoms with Crippen LogP contribution in [-0.2, 0) is 14.8 Å². The molecule has 0 unspecified atom stereocenters. The SMILES string of the molecule is Cc1noc(C)c1S(=O)(=O)N1CCC([C@H](C)C(=O)N2CCN(c3ncccn3)CC2)CC1. The summed E-state index contributed by atoms with van der Waals surface area (Å²) in [5.74, 6) is 1.17. The van der Waals surface area contributed by atoms with E-state index in [1.165, 1.54) is 4.31 Å². The van der Waals surface area contributed by atoms with Gasteiger partial charge in [-0.1, -0.05) is 12.1 Å². The number of hydrogen-bond donors (Lipinski definition) is 0. The highest BCUT2D eigenvalue weighted by molar-refractivity contribution is 7.89. The second-order valence-electron chi connectivity index (χ2n) is 8.54. The van der Waals surface area contributed by atoms with Gasteiger partial charge in [-0.2, -0.15) is 4.31 Å². The summed E-state index contributed by atoms with van der Waals surface area (Å²) in [6.07, 6.45) is 4.76. The minimum Gasteiger partial charge on any atom is -0.360 e. The van der Waals surface area contributed by atoms with Gasteiger partial charge in [0, 0.05) is 57.6 Å². The van der Waals surface area contributed by atoms with Gasteiger partial charge in [0.1, 0.15) is 10.6 Å². The Kier molecular flexibility index (Phi) is 6.47. The third kappa shape index (κ3) is 4.36. The molecular formula is C21H30N6O4S. The van der Waals surface area contributed by atoms with Crippen LogP contribution in [0.2, 0.25) is 0 Å². The summed E-state index contributed by atoms with van der Waals surface area (Å²) in [7, 11) is -3.64. The lowest BCUT2D eigenvalue weighted by Crippen LogP contribution is -2.52. The smallest absolute Gasteiger partial charge is 0.248 e. The van der Waals surface area contributed by atoms with Crippen molar-refractivity contribution >= 4 is 21.9 Å². The van der Waals surface area contributed by atoms with Crippen molar-refractivity contribution in [2.75, 3.05) is 44.2 Å².